The summed E-state index contributed by atoms with van der Waals surface area (Å²) in [5.74, 6) is 1.18. The zero-order chi connectivity index (χ0) is 13.2. The topological polar surface area (TPSA) is 69.5 Å². The lowest BCUT2D eigenvalue weighted by Gasteiger charge is -2.34. The molecule has 1 fully saturated rings. The van der Waals surface area contributed by atoms with Crippen LogP contribution in [0.4, 0.5) is 5.82 Å². The number of aromatic nitrogens is 2. The van der Waals surface area contributed by atoms with E-state index >= 15 is 0 Å². The lowest BCUT2D eigenvalue weighted by molar-refractivity contribution is 0.0376. The number of aliphatic hydroxyl groups is 2. The number of piperidine rings is 1. The van der Waals surface area contributed by atoms with Gasteiger partial charge in [-0.05, 0) is 30.2 Å². The standard InChI is InChI=1S/C13H17N3O2S/c17-7-11(18)9-1-4-16(5-2-9)12-10-3-6-19-13(10)15-8-14-12/h3,6,8-9,11,17-18H,1-2,4-5,7H2. The predicted octanol–water partition coefficient (Wildman–Crippen LogP) is 1.26. The van der Waals surface area contributed by atoms with Crippen LogP contribution in [0.2, 0.25) is 0 Å². The van der Waals surface area contributed by atoms with E-state index in [4.69, 9.17) is 5.11 Å². The summed E-state index contributed by atoms with van der Waals surface area (Å²) < 4.78 is 0. The van der Waals surface area contributed by atoms with Crippen molar-refractivity contribution in [2.24, 2.45) is 5.92 Å². The highest BCUT2D eigenvalue weighted by atomic mass is 32.1. The van der Waals surface area contributed by atoms with Crippen LogP contribution in [0.25, 0.3) is 10.2 Å². The smallest absolute Gasteiger partial charge is 0.140 e. The molecule has 0 saturated carbocycles. The summed E-state index contributed by atoms with van der Waals surface area (Å²) >= 11 is 1.62. The third-order valence-electron chi connectivity index (χ3n) is 3.81. The maximum absolute atomic E-state index is 9.69. The molecule has 0 spiro atoms. The Morgan fingerprint density at radius 3 is 2.89 bits per heavy atom. The number of anilines is 1. The molecule has 1 aliphatic rings. The fraction of sp³-hybridized carbons (Fsp3) is 0.538. The van der Waals surface area contributed by atoms with Gasteiger partial charge in [-0.1, -0.05) is 0 Å². The van der Waals surface area contributed by atoms with Crippen LogP contribution in [0.5, 0.6) is 0 Å². The first-order chi connectivity index (χ1) is 9.29. The molecular weight excluding hydrogens is 262 g/mol. The normalized spacial score (nSPS) is 18.9. The van der Waals surface area contributed by atoms with Gasteiger partial charge in [0.05, 0.1) is 18.1 Å². The number of nitrogens with zero attached hydrogens (tertiary/aromatic N) is 3. The number of thiophene rings is 1. The second-order valence-electron chi connectivity index (χ2n) is 4.91. The van der Waals surface area contributed by atoms with E-state index in [1.807, 2.05) is 5.38 Å². The van der Waals surface area contributed by atoms with Gasteiger partial charge in [0.25, 0.3) is 0 Å². The Labute approximate surface area is 115 Å². The largest absolute Gasteiger partial charge is 0.394 e. The molecule has 1 saturated heterocycles. The quantitative estimate of drug-likeness (QED) is 0.885. The molecule has 2 N–H and O–H groups in total. The molecule has 0 bridgehead atoms. The van der Waals surface area contributed by atoms with Gasteiger partial charge < -0.3 is 15.1 Å². The zero-order valence-electron chi connectivity index (χ0n) is 10.6. The van der Waals surface area contributed by atoms with Crippen LogP contribution >= 0.6 is 11.3 Å². The van der Waals surface area contributed by atoms with Gasteiger partial charge in [-0.25, -0.2) is 9.97 Å². The number of rotatable bonds is 3. The Morgan fingerprint density at radius 1 is 1.37 bits per heavy atom. The van der Waals surface area contributed by atoms with E-state index in [-0.39, 0.29) is 12.5 Å². The van der Waals surface area contributed by atoms with Crippen LogP contribution in [0.3, 0.4) is 0 Å². The maximum atomic E-state index is 9.69. The van der Waals surface area contributed by atoms with E-state index in [0.717, 1.165) is 42.0 Å². The highest BCUT2D eigenvalue weighted by molar-refractivity contribution is 7.16. The molecule has 6 heteroatoms. The summed E-state index contributed by atoms with van der Waals surface area (Å²) in [5, 5.41) is 21.8. The van der Waals surface area contributed by atoms with Crippen LogP contribution < -0.4 is 4.90 Å². The number of hydrogen-bond acceptors (Lipinski definition) is 6. The third-order valence-corrected chi connectivity index (χ3v) is 4.63. The van der Waals surface area contributed by atoms with Crippen molar-refractivity contribution in [3.63, 3.8) is 0 Å². The van der Waals surface area contributed by atoms with Gasteiger partial charge in [0.2, 0.25) is 0 Å². The average Bonchev–Trinajstić information content (AvgIpc) is 2.95. The predicted molar refractivity (Wildman–Crippen MR) is 75.4 cm³/mol. The first-order valence-corrected chi connectivity index (χ1v) is 7.39. The van der Waals surface area contributed by atoms with Gasteiger partial charge in [0.15, 0.2) is 0 Å². The molecule has 0 radical (unpaired) electrons. The second-order valence-corrected chi connectivity index (χ2v) is 5.81. The molecule has 0 amide bonds. The molecule has 102 valence electrons. The minimum atomic E-state index is -0.589. The second kappa shape index (κ2) is 5.40. The van der Waals surface area contributed by atoms with Crippen molar-refractivity contribution in [1.82, 2.24) is 9.97 Å². The Kier molecular flexibility index (Phi) is 3.63. The van der Waals surface area contributed by atoms with E-state index < -0.39 is 6.10 Å². The van der Waals surface area contributed by atoms with Crippen molar-refractivity contribution in [2.75, 3.05) is 24.6 Å². The van der Waals surface area contributed by atoms with Crippen LogP contribution in [-0.4, -0.2) is 46.0 Å². The Hall–Kier alpha value is -1.24. The molecule has 0 aromatic carbocycles. The van der Waals surface area contributed by atoms with Gasteiger partial charge in [0, 0.05) is 13.1 Å². The van der Waals surface area contributed by atoms with Crippen LogP contribution in [0.1, 0.15) is 12.8 Å². The number of fused-ring (bicyclic) bond motifs is 1. The van der Waals surface area contributed by atoms with Gasteiger partial charge in [-0.2, -0.15) is 0 Å². The molecule has 3 heterocycles. The summed E-state index contributed by atoms with van der Waals surface area (Å²) in [7, 11) is 0. The first kappa shape index (κ1) is 12.8. The summed E-state index contributed by atoms with van der Waals surface area (Å²) in [4.78, 5) is 11.9. The summed E-state index contributed by atoms with van der Waals surface area (Å²) in [6.07, 6.45) is 2.80. The molecular formula is C13H17N3O2S. The van der Waals surface area contributed by atoms with Crippen molar-refractivity contribution in [3.8, 4) is 0 Å². The van der Waals surface area contributed by atoms with Crippen LogP contribution in [0, 0.1) is 5.92 Å². The highest BCUT2D eigenvalue weighted by Crippen LogP contribution is 2.30. The van der Waals surface area contributed by atoms with E-state index in [1.165, 1.54) is 0 Å². The SMILES string of the molecule is OCC(O)C1CCN(c2ncnc3sccc23)CC1. The van der Waals surface area contributed by atoms with Crippen molar-refractivity contribution < 1.29 is 10.2 Å². The lowest BCUT2D eigenvalue weighted by Crippen LogP contribution is -2.39. The molecule has 1 aliphatic heterocycles. The van der Waals surface area contributed by atoms with E-state index in [2.05, 4.69) is 20.9 Å². The maximum Gasteiger partial charge on any atom is 0.140 e. The van der Waals surface area contributed by atoms with E-state index in [0.29, 0.717) is 0 Å². The molecule has 2 aromatic rings. The van der Waals surface area contributed by atoms with Gasteiger partial charge in [0.1, 0.15) is 17.0 Å². The van der Waals surface area contributed by atoms with Crippen molar-refractivity contribution in [1.29, 1.82) is 0 Å². The Bertz CT molecular complexity index is 552. The summed E-state index contributed by atoms with van der Waals surface area (Å²) in [5.41, 5.74) is 0. The van der Waals surface area contributed by atoms with Gasteiger partial charge >= 0.3 is 0 Å². The fourth-order valence-corrected chi connectivity index (χ4v) is 3.40. The summed E-state index contributed by atoms with van der Waals surface area (Å²) in [6.45, 7) is 1.58. The Morgan fingerprint density at radius 2 is 2.16 bits per heavy atom. The van der Waals surface area contributed by atoms with E-state index in [9.17, 15) is 5.11 Å². The molecule has 0 aliphatic carbocycles. The third kappa shape index (κ3) is 2.43. The monoisotopic (exact) mass is 279 g/mol. The van der Waals surface area contributed by atoms with Gasteiger partial charge in [-0.15, -0.1) is 11.3 Å². The lowest BCUT2D eigenvalue weighted by atomic mass is 9.91. The first-order valence-electron chi connectivity index (χ1n) is 6.51. The molecule has 1 unspecified atom stereocenters. The molecule has 19 heavy (non-hydrogen) atoms. The van der Waals surface area contributed by atoms with Crippen molar-refractivity contribution in [2.45, 2.75) is 18.9 Å². The number of hydrogen-bond donors (Lipinski definition) is 2. The van der Waals surface area contributed by atoms with Crippen molar-refractivity contribution >= 4 is 27.4 Å². The fourth-order valence-electron chi connectivity index (χ4n) is 2.67. The van der Waals surface area contributed by atoms with Crippen LogP contribution in [-0.2, 0) is 0 Å². The summed E-state index contributed by atoms with van der Waals surface area (Å²) in [6, 6.07) is 2.06. The average molecular weight is 279 g/mol. The minimum absolute atomic E-state index is 0.146. The molecule has 3 rings (SSSR count). The molecule has 5 nitrogen and oxygen atoms in total. The van der Waals surface area contributed by atoms with Crippen molar-refractivity contribution in [3.05, 3.63) is 17.8 Å². The Balaban J connectivity index is 1.76. The number of aliphatic hydroxyl groups excluding tert-OH is 2. The molecule has 1 atom stereocenters. The minimum Gasteiger partial charge on any atom is -0.394 e. The van der Waals surface area contributed by atoms with Gasteiger partial charge in [-0.3, -0.25) is 0 Å². The molecule has 2 aromatic heterocycles. The zero-order valence-corrected chi connectivity index (χ0v) is 11.4. The highest BCUT2D eigenvalue weighted by Gasteiger charge is 2.26. The van der Waals surface area contributed by atoms with E-state index in [1.54, 1.807) is 17.7 Å². The van der Waals surface area contributed by atoms with Crippen LogP contribution in [0.15, 0.2) is 17.8 Å².